The molecule has 0 aliphatic heterocycles. The second-order valence-corrected chi connectivity index (χ2v) is 9.44. The van der Waals surface area contributed by atoms with E-state index in [4.69, 9.17) is 4.42 Å². The highest BCUT2D eigenvalue weighted by Gasteiger charge is 2.30. The van der Waals surface area contributed by atoms with Crippen molar-refractivity contribution in [2.75, 3.05) is 0 Å². The van der Waals surface area contributed by atoms with Crippen LogP contribution >= 0.6 is 0 Å². The van der Waals surface area contributed by atoms with Gasteiger partial charge in [-0.2, -0.15) is 0 Å². The molecule has 8 heteroatoms. The van der Waals surface area contributed by atoms with Gasteiger partial charge in [-0.05, 0) is 72.9 Å². The molecule has 0 bridgehead atoms. The van der Waals surface area contributed by atoms with Crippen molar-refractivity contribution in [3.05, 3.63) is 75.2 Å². The van der Waals surface area contributed by atoms with Crippen LogP contribution < -0.4 is 5.56 Å². The fraction of sp³-hybridized carbons (Fsp3) is 0.462. The SMILES string of the molecule is CC[C@@H](c1nnnn1C1CCCC1)N(Cc1ccco1)Cc1cc2c(C)ccc(C)c2[nH]c1=O. The summed E-state index contributed by atoms with van der Waals surface area (Å²) >= 11 is 0. The molecule has 3 aromatic heterocycles. The van der Waals surface area contributed by atoms with E-state index in [-0.39, 0.29) is 11.6 Å². The van der Waals surface area contributed by atoms with Gasteiger partial charge in [-0.1, -0.05) is 31.9 Å². The van der Waals surface area contributed by atoms with Crippen LogP contribution in [0.4, 0.5) is 0 Å². The Kier molecular flexibility index (Phi) is 6.32. The summed E-state index contributed by atoms with van der Waals surface area (Å²) in [4.78, 5) is 18.5. The maximum atomic E-state index is 13.2. The Morgan fingerprint density at radius 1 is 1.18 bits per heavy atom. The summed E-state index contributed by atoms with van der Waals surface area (Å²) < 4.78 is 7.72. The molecule has 4 aromatic rings. The zero-order valence-corrected chi connectivity index (χ0v) is 20.1. The average molecular weight is 461 g/mol. The standard InChI is InChI=1S/C26H32N6O2/c1-4-23(25-28-29-30-32(25)20-8-5-6-9-20)31(16-21-10-7-13-34-21)15-19-14-22-17(2)11-12-18(3)24(22)27-26(19)33/h7,10-14,20,23H,4-6,8-9,15-16H2,1-3H3,(H,27,33)/t23-/m0/s1. The molecule has 0 radical (unpaired) electrons. The number of fused-ring (bicyclic) bond motifs is 1. The average Bonchev–Trinajstić information content (AvgIpc) is 3.60. The first-order valence-corrected chi connectivity index (χ1v) is 12.2. The minimum atomic E-state index is -0.0594. The molecule has 0 amide bonds. The van der Waals surface area contributed by atoms with Gasteiger partial charge >= 0.3 is 0 Å². The third-order valence-electron chi connectivity index (χ3n) is 7.15. The Bertz CT molecular complexity index is 1320. The second-order valence-electron chi connectivity index (χ2n) is 9.44. The molecule has 0 unspecified atom stereocenters. The van der Waals surface area contributed by atoms with Crippen molar-refractivity contribution in [2.24, 2.45) is 0 Å². The topological polar surface area (TPSA) is 92.8 Å². The lowest BCUT2D eigenvalue weighted by molar-refractivity contribution is 0.146. The van der Waals surface area contributed by atoms with E-state index in [1.807, 2.05) is 35.9 Å². The Hall–Kier alpha value is -3.26. The summed E-state index contributed by atoms with van der Waals surface area (Å²) in [5.74, 6) is 1.72. The zero-order chi connectivity index (χ0) is 23.7. The molecule has 1 atom stereocenters. The van der Waals surface area contributed by atoms with Crippen molar-refractivity contribution < 1.29 is 4.42 Å². The first-order valence-electron chi connectivity index (χ1n) is 12.2. The number of furan rings is 1. The number of aromatic amines is 1. The van der Waals surface area contributed by atoms with Gasteiger partial charge in [0.25, 0.3) is 5.56 Å². The molecule has 1 fully saturated rings. The van der Waals surface area contributed by atoms with Gasteiger partial charge in [0.1, 0.15) is 5.76 Å². The summed E-state index contributed by atoms with van der Waals surface area (Å²) in [5.41, 5.74) is 3.79. The van der Waals surface area contributed by atoms with Crippen LogP contribution in [0, 0.1) is 13.8 Å². The van der Waals surface area contributed by atoms with Gasteiger partial charge in [-0.25, -0.2) is 4.68 Å². The Balaban J connectivity index is 1.54. The predicted molar refractivity (Wildman–Crippen MR) is 130 cm³/mol. The molecule has 1 aromatic carbocycles. The number of pyridine rings is 1. The second kappa shape index (κ2) is 9.54. The van der Waals surface area contributed by atoms with Crippen LogP contribution in [0.25, 0.3) is 10.9 Å². The lowest BCUT2D eigenvalue weighted by Crippen LogP contribution is -2.32. The number of hydrogen-bond acceptors (Lipinski definition) is 6. The van der Waals surface area contributed by atoms with E-state index < -0.39 is 0 Å². The number of aryl methyl sites for hydroxylation is 2. The number of benzene rings is 1. The Morgan fingerprint density at radius 2 is 1.97 bits per heavy atom. The van der Waals surface area contributed by atoms with E-state index in [0.717, 1.165) is 58.4 Å². The lowest BCUT2D eigenvalue weighted by atomic mass is 10.0. The normalized spacial score (nSPS) is 15.5. The van der Waals surface area contributed by atoms with E-state index in [1.165, 1.54) is 12.8 Å². The Morgan fingerprint density at radius 3 is 2.71 bits per heavy atom. The first-order chi connectivity index (χ1) is 16.5. The number of aromatic nitrogens is 5. The third-order valence-corrected chi connectivity index (χ3v) is 7.15. The Labute approximate surface area is 199 Å². The number of hydrogen-bond donors (Lipinski definition) is 1. The smallest absolute Gasteiger partial charge is 0.252 e. The van der Waals surface area contributed by atoms with Crippen molar-refractivity contribution in [3.63, 3.8) is 0 Å². The van der Waals surface area contributed by atoms with Gasteiger partial charge in [0, 0.05) is 17.5 Å². The van der Waals surface area contributed by atoms with Crippen LogP contribution in [0.15, 0.2) is 45.8 Å². The number of nitrogens with one attached hydrogen (secondary N) is 1. The molecule has 1 aliphatic carbocycles. The lowest BCUT2D eigenvalue weighted by Gasteiger charge is -2.30. The summed E-state index contributed by atoms with van der Waals surface area (Å²) in [6.07, 6.45) is 7.14. The fourth-order valence-electron chi connectivity index (χ4n) is 5.27. The van der Waals surface area contributed by atoms with E-state index in [9.17, 15) is 4.79 Å². The van der Waals surface area contributed by atoms with Gasteiger partial charge in [-0.15, -0.1) is 5.10 Å². The number of nitrogens with zero attached hydrogens (tertiary/aromatic N) is 5. The van der Waals surface area contributed by atoms with Crippen LogP contribution in [0.3, 0.4) is 0 Å². The first kappa shape index (κ1) is 22.5. The van der Waals surface area contributed by atoms with Crippen LogP contribution in [-0.4, -0.2) is 30.1 Å². The van der Waals surface area contributed by atoms with Crippen LogP contribution in [0.5, 0.6) is 0 Å². The molecule has 5 rings (SSSR count). The van der Waals surface area contributed by atoms with Crippen molar-refractivity contribution >= 4 is 10.9 Å². The molecule has 1 saturated carbocycles. The van der Waals surface area contributed by atoms with Crippen molar-refractivity contribution in [3.8, 4) is 0 Å². The molecule has 1 aliphatic rings. The van der Waals surface area contributed by atoms with Crippen molar-refractivity contribution in [1.29, 1.82) is 0 Å². The van der Waals surface area contributed by atoms with Crippen molar-refractivity contribution in [2.45, 2.75) is 78.0 Å². The largest absolute Gasteiger partial charge is 0.468 e. The highest BCUT2D eigenvalue weighted by molar-refractivity contribution is 5.85. The van der Waals surface area contributed by atoms with Crippen molar-refractivity contribution in [1.82, 2.24) is 30.1 Å². The molecular formula is C26H32N6O2. The van der Waals surface area contributed by atoms with Gasteiger partial charge in [0.05, 0.1) is 30.4 Å². The number of H-pyrrole nitrogens is 1. The van der Waals surface area contributed by atoms with E-state index in [1.54, 1.807) is 6.26 Å². The molecular weight excluding hydrogens is 428 g/mol. The fourth-order valence-corrected chi connectivity index (χ4v) is 5.27. The van der Waals surface area contributed by atoms with Gasteiger partial charge in [0.2, 0.25) is 0 Å². The molecule has 0 saturated heterocycles. The van der Waals surface area contributed by atoms with E-state index in [0.29, 0.717) is 19.1 Å². The number of rotatable bonds is 8. The monoisotopic (exact) mass is 460 g/mol. The van der Waals surface area contributed by atoms with Gasteiger partial charge in [0.15, 0.2) is 5.82 Å². The van der Waals surface area contributed by atoms with E-state index in [2.05, 4.69) is 45.3 Å². The maximum absolute atomic E-state index is 13.2. The number of tetrazole rings is 1. The summed E-state index contributed by atoms with van der Waals surface area (Å²) in [6, 6.07) is 10.4. The molecule has 8 nitrogen and oxygen atoms in total. The molecule has 0 spiro atoms. The molecule has 3 heterocycles. The van der Waals surface area contributed by atoms with Crippen LogP contribution in [-0.2, 0) is 13.1 Å². The molecule has 1 N–H and O–H groups in total. The van der Waals surface area contributed by atoms with E-state index >= 15 is 0 Å². The van der Waals surface area contributed by atoms with Gasteiger partial charge < -0.3 is 9.40 Å². The van der Waals surface area contributed by atoms with Crippen LogP contribution in [0.2, 0.25) is 0 Å². The van der Waals surface area contributed by atoms with Crippen LogP contribution in [0.1, 0.15) is 79.4 Å². The molecule has 178 valence electrons. The minimum absolute atomic E-state index is 0.0468. The summed E-state index contributed by atoms with van der Waals surface area (Å²) in [6.45, 7) is 7.28. The summed E-state index contributed by atoms with van der Waals surface area (Å²) in [7, 11) is 0. The zero-order valence-electron chi connectivity index (χ0n) is 20.1. The summed E-state index contributed by atoms with van der Waals surface area (Å²) in [5, 5.41) is 14.0. The minimum Gasteiger partial charge on any atom is -0.468 e. The quantitative estimate of drug-likeness (QED) is 0.398. The highest BCUT2D eigenvalue weighted by Crippen LogP contribution is 2.33. The third kappa shape index (κ3) is 4.30. The molecule has 34 heavy (non-hydrogen) atoms. The maximum Gasteiger partial charge on any atom is 0.252 e. The highest BCUT2D eigenvalue weighted by atomic mass is 16.3. The predicted octanol–water partition coefficient (Wildman–Crippen LogP) is 4.99. The van der Waals surface area contributed by atoms with Gasteiger partial charge in [-0.3, -0.25) is 9.69 Å².